The molecule has 9 nitrogen and oxygen atoms in total. The first-order valence-electron chi connectivity index (χ1n) is 24.3. The van der Waals surface area contributed by atoms with Crippen LogP contribution in [-0.4, -0.2) is 99.5 Å². The smallest absolute Gasteiger partial charge is 0.307 e. The summed E-state index contributed by atoms with van der Waals surface area (Å²) in [6.45, 7) is 11.0. The Bertz CT molecular complexity index is 936. The number of likely N-dealkylation sites (tertiary alicyclic amines) is 1. The Morgan fingerprint density at radius 2 is 1.09 bits per heavy atom. The molecule has 0 N–H and O–H groups in total. The van der Waals surface area contributed by atoms with Crippen LogP contribution in [0.2, 0.25) is 0 Å². The highest BCUT2D eigenvalue weighted by Crippen LogP contribution is 2.23. The molecule has 0 aromatic heterocycles. The molecule has 2 unspecified atom stereocenters. The third-order valence-corrected chi connectivity index (χ3v) is 11.4. The maximum atomic E-state index is 12.6. The minimum absolute atomic E-state index is 0.0146. The molecular formula is C48H92N2O7. The summed E-state index contributed by atoms with van der Waals surface area (Å²) in [6.07, 6.45) is 33.3. The highest BCUT2D eigenvalue weighted by molar-refractivity contribution is 5.70. The fraction of sp³-hybridized carbons (Fsp3) is 0.938. The normalized spacial score (nSPS) is 15.8. The second kappa shape index (κ2) is 38.5. The average molecular weight is 809 g/mol. The number of hydrogen-bond acceptors (Lipinski definition) is 9. The zero-order chi connectivity index (χ0) is 41.6. The van der Waals surface area contributed by atoms with Crippen molar-refractivity contribution >= 4 is 17.9 Å². The van der Waals surface area contributed by atoms with E-state index in [1.165, 1.54) is 83.5 Å². The van der Waals surface area contributed by atoms with Crippen molar-refractivity contribution in [3.8, 4) is 0 Å². The lowest BCUT2D eigenvalue weighted by Gasteiger charge is -2.23. The van der Waals surface area contributed by atoms with Crippen molar-refractivity contribution in [1.82, 2.24) is 9.80 Å². The molecule has 1 fully saturated rings. The van der Waals surface area contributed by atoms with Gasteiger partial charge in [0.1, 0.15) is 12.2 Å². The summed E-state index contributed by atoms with van der Waals surface area (Å²) in [7, 11) is 3.93. The number of carbonyl (C=O) groups excluding carboxylic acids is 3. The largest absolute Gasteiger partial charge is 0.466 e. The first-order valence-corrected chi connectivity index (χ1v) is 24.3. The van der Waals surface area contributed by atoms with Gasteiger partial charge in [-0.1, -0.05) is 136 Å². The molecule has 0 amide bonds. The molecule has 57 heavy (non-hydrogen) atoms. The van der Waals surface area contributed by atoms with Gasteiger partial charge in [0.05, 0.1) is 19.6 Å². The summed E-state index contributed by atoms with van der Waals surface area (Å²) >= 11 is 0. The first kappa shape index (κ1) is 53.3. The van der Waals surface area contributed by atoms with Crippen LogP contribution in [0.15, 0.2) is 0 Å². The fourth-order valence-corrected chi connectivity index (χ4v) is 7.79. The number of ether oxygens (including phenoxy) is 4. The lowest BCUT2D eigenvalue weighted by molar-refractivity contribution is -0.150. The second-order valence-electron chi connectivity index (χ2n) is 17.3. The zero-order valence-corrected chi connectivity index (χ0v) is 38.1. The summed E-state index contributed by atoms with van der Waals surface area (Å²) in [5, 5.41) is 0. The molecular weight excluding hydrogens is 717 g/mol. The minimum Gasteiger partial charge on any atom is -0.466 e. The van der Waals surface area contributed by atoms with Gasteiger partial charge < -0.3 is 23.8 Å². The van der Waals surface area contributed by atoms with Gasteiger partial charge in [-0.3, -0.25) is 19.3 Å². The lowest BCUT2D eigenvalue weighted by atomic mass is 10.0. The zero-order valence-electron chi connectivity index (χ0n) is 38.1. The Labute approximate surface area is 351 Å². The lowest BCUT2D eigenvalue weighted by Crippen LogP contribution is -2.34. The molecule has 9 heteroatoms. The van der Waals surface area contributed by atoms with Crippen LogP contribution in [0.4, 0.5) is 0 Å². The van der Waals surface area contributed by atoms with Gasteiger partial charge in [-0.15, -0.1) is 0 Å². The summed E-state index contributed by atoms with van der Waals surface area (Å²) < 4.78 is 23.5. The molecule has 0 spiro atoms. The van der Waals surface area contributed by atoms with Gasteiger partial charge in [-0.05, 0) is 78.4 Å². The molecule has 2 atom stereocenters. The van der Waals surface area contributed by atoms with Crippen LogP contribution in [0.3, 0.4) is 0 Å². The van der Waals surface area contributed by atoms with Gasteiger partial charge in [0.2, 0.25) is 0 Å². The summed E-state index contributed by atoms with van der Waals surface area (Å²) in [5.41, 5.74) is 0. The van der Waals surface area contributed by atoms with E-state index in [9.17, 15) is 14.4 Å². The number of rotatable bonds is 41. The molecule has 336 valence electrons. The van der Waals surface area contributed by atoms with Gasteiger partial charge in [-0.2, -0.15) is 0 Å². The third kappa shape index (κ3) is 32.8. The molecule has 1 rings (SSSR count). The molecule has 0 saturated carbocycles. The molecule has 0 aliphatic carbocycles. The predicted molar refractivity (Wildman–Crippen MR) is 236 cm³/mol. The van der Waals surface area contributed by atoms with Crippen molar-refractivity contribution in [2.24, 2.45) is 0 Å². The average Bonchev–Trinajstić information content (AvgIpc) is 3.57. The van der Waals surface area contributed by atoms with Gasteiger partial charge in [0, 0.05) is 45.0 Å². The van der Waals surface area contributed by atoms with E-state index in [1.807, 2.05) is 19.0 Å². The Balaban J connectivity index is 2.30. The van der Waals surface area contributed by atoms with Crippen LogP contribution in [-0.2, 0) is 33.3 Å². The number of esters is 3. The molecule has 1 saturated heterocycles. The quantitative estimate of drug-likeness (QED) is 0.0340. The van der Waals surface area contributed by atoms with Crippen LogP contribution in [0, 0.1) is 0 Å². The van der Waals surface area contributed by atoms with E-state index in [0.717, 1.165) is 116 Å². The molecule has 1 aliphatic heterocycles. The monoisotopic (exact) mass is 809 g/mol. The van der Waals surface area contributed by atoms with Crippen LogP contribution < -0.4 is 0 Å². The van der Waals surface area contributed by atoms with E-state index < -0.39 is 0 Å². The van der Waals surface area contributed by atoms with Gasteiger partial charge in [-0.25, -0.2) is 0 Å². The van der Waals surface area contributed by atoms with Crippen LogP contribution in [0.25, 0.3) is 0 Å². The molecule has 1 aliphatic rings. The summed E-state index contributed by atoms with van der Waals surface area (Å²) in [5.74, 6) is -0.215. The first-order chi connectivity index (χ1) is 27.8. The van der Waals surface area contributed by atoms with Crippen molar-refractivity contribution in [1.29, 1.82) is 0 Å². The van der Waals surface area contributed by atoms with E-state index in [1.54, 1.807) is 0 Å². The van der Waals surface area contributed by atoms with Crippen molar-refractivity contribution in [2.75, 3.05) is 53.6 Å². The summed E-state index contributed by atoms with van der Waals surface area (Å²) in [4.78, 5) is 41.8. The standard InChI is InChI=1S/C48H92N2O7/c1-6-9-12-15-16-17-18-22-30-39-55-46(51)33-27-23-28-36-50-41-45(57-48(53)35-37-49(4)5)40-43(50)42-54-38-29-21-19-20-26-34-47(52)56-44(31-24-13-10-7-2)32-25-14-11-8-3/h43-45H,6-42H2,1-5H3. The van der Waals surface area contributed by atoms with E-state index in [0.29, 0.717) is 39.0 Å². The highest BCUT2D eigenvalue weighted by atomic mass is 16.5. The van der Waals surface area contributed by atoms with Gasteiger partial charge >= 0.3 is 17.9 Å². The molecule has 0 aromatic carbocycles. The Morgan fingerprint density at radius 1 is 0.579 bits per heavy atom. The van der Waals surface area contributed by atoms with Gasteiger partial charge in [0.25, 0.3) is 0 Å². The van der Waals surface area contributed by atoms with E-state index in [4.69, 9.17) is 18.9 Å². The molecule has 0 aromatic rings. The molecule has 0 radical (unpaired) electrons. The number of carbonyl (C=O) groups is 3. The molecule has 0 bridgehead atoms. The van der Waals surface area contributed by atoms with Crippen LogP contribution in [0.5, 0.6) is 0 Å². The van der Waals surface area contributed by atoms with E-state index in [-0.39, 0.29) is 36.2 Å². The van der Waals surface area contributed by atoms with Crippen LogP contribution >= 0.6 is 0 Å². The second-order valence-corrected chi connectivity index (χ2v) is 17.3. The topological polar surface area (TPSA) is 94.6 Å². The Hall–Kier alpha value is -1.71. The number of hydrogen-bond donors (Lipinski definition) is 0. The Morgan fingerprint density at radius 3 is 1.68 bits per heavy atom. The highest BCUT2D eigenvalue weighted by Gasteiger charge is 2.34. The maximum Gasteiger partial charge on any atom is 0.307 e. The number of unbranched alkanes of at least 4 members (excludes halogenated alkanes) is 20. The molecule has 1 heterocycles. The number of nitrogens with zero attached hydrogens (tertiary/aromatic N) is 2. The van der Waals surface area contributed by atoms with E-state index >= 15 is 0 Å². The Kier molecular flexibility index (Phi) is 36.0. The minimum atomic E-state index is -0.131. The predicted octanol–water partition coefficient (Wildman–Crippen LogP) is 11.8. The van der Waals surface area contributed by atoms with Crippen molar-refractivity contribution < 1.29 is 33.3 Å². The van der Waals surface area contributed by atoms with E-state index in [2.05, 4.69) is 25.7 Å². The SMILES string of the molecule is CCCCCCCCCCCOC(=O)CCCCCN1CC(OC(=O)CCN(C)C)CC1COCCCCCCCC(=O)OC(CCCCCC)CCCCCC. The van der Waals surface area contributed by atoms with Crippen LogP contribution in [0.1, 0.15) is 220 Å². The fourth-order valence-electron chi connectivity index (χ4n) is 7.79. The summed E-state index contributed by atoms with van der Waals surface area (Å²) in [6, 6.07) is 0.228. The third-order valence-electron chi connectivity index (χ3n) is 11.4. The van der Waals surface area contributed by atoms with Gasteiger partial charge in [0.15, 0.2) is 0 Å². The van der Waals surface area contributed by atoms with Crippen molar-refractivity contribution in [2.45, 2.75) is 238 Å². The maximum absolute atomic E-state index is 12.6. The van der Waals surface area contributed by atoms with Crippen molar-refractivity contribution in [3.63, 3.8) is 0 Å². The van der Waals surface area contributed by atoms with Crippen molar-refractivity contribution in [3.05, 3.63) is 0 Å².